The molecule has 2 aromatic rings. The average molecular weight is 305 g/mol. The minimum absolute atomic E-state index is 0.0445. The maximum absolute atomic E-state index is 11.0. The number of anilines is 1. The largest absolute Gasteiger partial charge is 0.318 e. The summed E-state index contributed by atoms with van der Waals surface area (Å²) in [7, 11) is 0. The Morgan fingerprint density at radius 3 is 2.52 bits per heavy atom. The van der Waals surface area contributed by atoms with Crippen molar-refractivity contribution in [2.24, 2.45) is 5.84 Å². The highest BCUT2D eigenvalue weighted by atomic mass is 32.2. The number of hydrazine groups is 1. The molecule has 0 atom stereocenters. The van der Waals surface area contributed by atoms with Crippen molar-refractivity contribution in [2.75, 3.05) is 5.43 Å². The summed E-state index contributed by atoms with van der Waals surface area (Å²) in [4.78, 5) is 19.2. The van der Waals surface area contributed by atoms with E-state index < -0.39 is 4.92 Å². The van der Waals surface area contributed by atoms with E-state index in [9.17, 15) is 10.1 Å². The normalized spacial score (nSPS) is 10.4. The summed E-state index contributed by atoms with van der Waals surface area (Å²) in [6.45, 7) is 3.82. The molecule has 1 heterocycles. The molecule has 0 aliphatic heterocycles. The van der Waals surface area contributed by atoms with Crippen LogP contribution in [0.5, 0.6) is 0 Å². The number of thioether (sulfide) groups is 1. The van der Waals surface area contributed by atoms with E-state index in [0.717, 1.165) is 17.0 Å². The zero-order chi connectivity index (χ0) is 15.4. The van der Waals surface area contributed by atoms with Crippen LogP contribution in [0.3, 0.4) is 0 Å². The van der Waals surface area contributed by atoms with Gasteiger partial charge in [0.05, 0.1) is 4.92 Å². The zero-order valence-electron chi connectivity index (χ0n) is 11.7. The van der Waals surface area contributed by atoms with Gasteiger partial charge in [-0.15, -0.1) is 0 Å². The van der Waals surface area contributed by atoms with Gasteiger partial charge in [0, 0.05) is 23.2 Å². The molecule has 0 unspecified atom stereocenters. The first kappa shape index (κ1) is 15.2. The van der Waals surface area contributed by atoms with Crippen LogP contribution in [0.25, 0.3) is 0 Å². The Morgan fingerprint density at radius 2 is 1.95 bits per heavy atom. The molecule has 21 heavy (non-hydrogen) atoms. The number of nitro groups is 1. The Kier molecular flexibility index (Phi) is 4.71. The van der Waals surface area contributed by atoms with Crippen molar-refractivity contribution in [1.29, 1.82) is 0 Å². The lowest BCUT2D eigenvalue weighted by atomic mass is 10.2. The summed E-state index contributed by atoms with van der Waals surface area (Å²) in [6.07, 6.45) is 0. The number of nitrogens with two attached hydrogens (primary N) is 1. The molecule has 0 aliphatic rings. The number of benzene rings is 1. The Labute approximate surface area is 126 Å². The highest BCUT2D eigenvalue weighted by molar-refractivity contribution is 7.98. The van der Waals surface area contributed by atoms with Gasteiger partial charge in [0.1, 0.15) is 5.69 Å². The van der Waals surface area contributed by atoms with Crippen LogP contribution in [0.4, 0.5) is 11.4 Å². The molecule has 0 aliphatic carbocycles. The third kappa shape index (κ3) is 3.89. The molecular weight excluding hydrogens is 290 g/mol. The van der Waals surface area contributed by atoms with E-state index in [1.54, 1.807) is 12.1 Å². The summed E-state index contributed by atoms with van der Waals surface area (Å²) >= 11 is 1.44. The zero-order valence-corrected chi connectivity index (χ0v) is 12.5. The van der Waals surface area contributed by atoms with Gasteiger partial charge in [-0.2, -0.15) is 0 Å². The maximum Gasteiger partial charge on any atom is 0.293 e. The molecule has 7 nitrogen and oxygen atoms in total. The van der Waals surface area contributed by atoms with Crippen LogP contribution in [0.15, 0.2) is 29.4 Å². The first-order chi connectivity index (χ1) is 9.99. The Morgan fingerprint density at radius 1 is 1.29 bits per heavy atom. The summed E-state index contributed by atoms with van der Waals surface area (Å²) in [6, 6.07) is 6.79. The van der Waals surface area contributed by atoms with Crippen molar-refractivity contribution >= 4 is 23.1 Å². The van der Waals surface area contributed by atoms with E-state index in [2.05, 4.69) is 15.4 Å². The smallest absolute Gasteiger partial charge is 0.293 e. The van der Waals surface area contributed by atoms with Crippen LogP contribution >= 0.6 is 11.8 Å². The Hall–Kier alpha value is -2.19. The predicted molar refractivity (Wildman–Crippen MR) is 82.0 cm³/mol. The lowest BCUT2D eigenvalue weighted by Crippen LogP contribution is -2.09. The molecule has 0 fully saturated rings. The molecule has 0 radical (unpaired) electrons. The van der Waals surface area contributed by atoms with Crippen LogP contribution < -0.4 is 11.3 Å². The number of aryl methyl sites for hydroxylation is 2. The summed E-state index contributed by atoms with van der Waals surface area (Å²) in [5.74, 6) is 5.81. The molecule has 110 valence electrons. The van der Waals surface area contributed by atoms with E-state index in [4.69, 9.17) is 5.84 Å². The highest BCUT2D eigenvalue weighted by Crippen LogP contribution is 2.28. The summed E-state index contributed by atoms with van der Waals surface area (Å²) in [5, 5.41) is 11.6. The van der Waals surface area contributed by atoms with Gasteiger partial charge >= 0.3 is 0 Å². The van der Waals surface area contributed by atoms with E-state index in [0.29, 0.717) is 10.9 Å². The highest BCUT2D eigenvalue weighted by Gasteiger charge is 2.14. The van der Waals surface area contributed by atoms with E-state index in [1.807, 2.05) is 19.9 Å². The first-order valence-corrected chi connectivity index (χ1v) is 7.17. The molecule has 8 heteroatoms. The average Bonchev–Trinajstić information content (AvgIpc) is 2.43. The Balaban J connectivity index is 2.16. The van der Waals surface area contributed by atoms with Gasteiger partial charge in [0.25, 0.3) is 5.69 Å². The molecule has 1 aromatic carbocycles. The van der Waals surface area contributed by atoms with Crippen molar-refractivity contribution in [3.63, 3.8) is 0 Å². The van der Waals surface area contributed by atoms with Crippen LogP contribution in [-0.2, 0) is 5.75 Å². The number of hydrogen-bond acceptors (Lipinski definition) is 7. The fourth-order valence-electron chi connectivity index (χ4n) is 1.85. The Bertz CT molecular complexity index is 657. The van der Waals surface area contributed by atoms with Crippen LogP contribution in [0, 0.1) is 24.0 Å². The second kappa shape index (κ2) is 6.51. The summed E-state index contributed by atoms with van der Waals surface area (Å²) < 4.78 is 0. The van der Waals surface area contributed by atoms with Crippen molar-refractivity contribution in [3.05, 3.63) is 51.3 Å². The number of hydrogen-bond donors (Lipinski definition) is 2. The number of nitrogens with zero attached hydrogens (tertiary/aromatic N) is 3. The van der Waals surface area contributed by atoms with Gasteiger partial charge in [0.15, 0.2) is 5.16 Å². The standard InChI is InChI=1S/C13H15N5O2S/c1-8-5-9(2)16-13(15-8)21-7-10-3-4-11(17-14)12(6-10)18(19)20/h3-6,17H,7,14H2,1-2H3. The molecular formula is C13H15N5O2S. The third-order valence-electron chi connectivity index (χ3n) is 2.74. The van der Waals surface area contributed by atoms with Crippen LogP contribution in [-0.4, -0.2) is 14.9 Å². The van der Waals surface area contributed by atoms with Crippen LogP contribution in [0.2, 0.25) is 0 Å². The second-order valence-electron chi connectivity index (χ2n) is 4.47. The minimum Gasteiger partial charge on any atom is -0.318 e. The third-order valence-corrected chi connectivity index (χ3v) is 3.66. The molecule has 0 spiro atoms. The van der Waals surface area contributed by atoms with Gasteiger partial charge in [-0.05, 0) is 31.5 Å². The van der Waals surface area contributed by atoms with Crippen molar-refractivity contribution in [2.45, 2.75) is 24.8 Å². The lowest BCUT2D eigenvalue weighted by molar-refractivity contribution is -0.384. The molecule has 3 N–H and O–H groups in total. The summed E-state index contributed by atoms with van der Waals surface area (Å²) in [5.41, 5.74) is 5.18. The molecule has 0 bridgehead atoms. The molecule has 0 saturated heterocycles. The second-order valence-corrected chi connectivity index (χ2v) is 5.42. The number of nitrogens with one attached hydrogen (secondary N) is 1. The number of nitrogen functional groups attached to an aromatic ring is 1. The van der Waals surface area contributed by atoms with E-state index in [-0.39, 0.29) is 11.4 Å². The number of aromatic nitrogens is 2. The van der Waals surface area contributed by atoms with Crippen molar-refractivity contribution in [3.8, 4) is 0 Å². The number of rotatable bonds is 5. The molecule has 0 saturated carbocycles. The topological polar surface area (TPSA) is 107 Å². The molecule has 2 rings (SSSR count). The van der Waals surface area contributed by atoms with Gasteiger partial charge in [0.2, 0.25) is 0 Å². The SMILES string of the molecule is Cc1cc(C)nc(SCc2ccc(NN)c([N+](=O)[O-])c2)n1. The molecule has 0 amide bonds. The fourth-order valence-corrected chi connectivity index (χ4v) is 2.74. The van der Waals surface area contributed by atoms with Crippen LogP contribution in [0.1, 0.15) is 17.0 Å². The van der Waals surface area contributed by atoms with E-state index >= 15 is 0 Å². The lowest BCUT2D eigenvalue weighted by Gasteiger charge is -2.06. The monoisotopic (exact) mass is 305 g/mol. The fraction of sp³-hybridized carbons (Fsp3) is 0.231. The first-order valence-electron chi connectivity index (χ1n) is 6.18. The van der Waals surface area contributed by atoms with Gasteiger partial charge in [-0.3, -0.25) is 16.0 Å². The van der Waals surface area contributed by atoms with Gasteiger partial charge in [-0.1, -0.05) is 17.8 Å². The number of nitro benzene ring substituents is 1. The molecule has 1 aromatic heterocycles. The van der Waals surface area contributed by atoms with E-state index in [1.165, 1.54) is 17.8 Å². The maximum atomic E-state index is 11.0. The minimum atomic E-state index is -0.462. The predicted octanol–water partition coefficient (Wildman–Crippen LogP) is 2.58. The quantitative estimate of drug-likeness (QED) is 0.287. The van der Waals surface area contributed by atoms with Crippen molar-refractivity contribution < 1.29 is 4.92 Å². The van der Waals surface area contributed by atoms with Gasteiger partial charge < -0.3 is 5.43 Å². The van der Waals surface area contributed by atoms with Crippen molar-refractivity contribution in [1.82, 2.24) is 9.97 Å². The van der Waals surface area contributed by atoms with Gasteiger partial charge in [-0.25, -0.2) is 9.97 Å².